The van der Waals surface area contributed by atoms with Gasteiger partial charge in [0, 0.05) is 29.9 Å². The van der Waals surface area contributed by atoms with Crippen molar-refractivity contribution < 1.29 is 4.74 Å². The number of pyridine rings is 1. The second-order valence-electron chi connectivity index (χ2n) is 9.52. The highest BCUT2D eigenvalue weighted by atomic mass is 16.5. The predicted molar refractivity (Wildman–Crippen MR) is 138 cm³/mol. The fourth-order valence-electron chi connectivity index (χ4n) is 6.09. The zero-order chi connectivity index (χ0) is 22.9. The molecule has 0 bridgehead atoms. The summed E-state index contributed by atoms with van der Waals surface area (Å²) < 4.78 is 6.06. The molecule has 1 unspecified atom stereocenters. The number of fused-ring (bicyclic) bond motifs is 2. The molecule has 33 heavy (non-hydrogen) atoms. The maximum atomic E-state index is 6.06. The van der Waals surface area contributed by atoms with Gasteiger partial charge in [-0.2, -0.15) is 0 Å². The number of hydrogen-bond acceptors (Lipinski definition) is 3. The minimum Gasteiger partial charge on any atom is -0.496 e. The van der Waals surface area contributed by atoms with E-state index in [-0.39, 0.29) is 0 Å². The van der Waals surface area contributed by atoms with Crippen molar-refractivity contribution in [2.45, 2.75) is 71.3 Å². The van der Waals surface area contributed by atoms with Gasteiger partial charge in [0.2, 0.25) is 0 Å². The standard InChI is InChI=1S/C30H36N2O/c1-5-20-11-7-12-21(6-2)29(20)25-19-28(33-4)30-24(31-25)16-10-18-27(30)32(3)26-17-9-14-22-13-8-15-23(22)26/h7,9,11-12,14,17,19,27H,5-6,8,10,13,15-16,18H2,1-4H3. The molecule has 1 aromatic heterocycles. The van der Waals surface area contributed by atoms with Gasteiger partial charge in [0.15, 0.2) is 0 Å². The number of ether oxygens (including phenoxy) is 1. The topological polar surface area (TPSA) is 25.4 Å². The summed E-state index contributed by atoms with van der Waals surface area (Å²) in [5, 5.41) is 0. The first-order chi connectivity index (χ1) is 16.2. The van der Waals surface area contributed by atoms with Crippen molar-refractivity contribution in [1.29, 1.82) is 0 Å². The van der Waals surface area contributed by atoms with Crippen molar-refractivity contribution in [3.05, 3.63) is 76.0 Å². The van der Waals surface area contributed by atoms with E-state index in [2.05, 4.69) is 68.3 Å². The third-order valence-corrected chi connectivity index (χ3v) is 7.77. The van der Waals surface area contributed by atoms with Crippen LogP contribution in [0.2, 0.25) is 0 Å². The number of hydrogen-bond donors (Lipinski definition) is 0. The van der Waals surface area contributed by atoms with E-state index in [4.69, 9.17) is 9.72 Å². The first kappa shape index (κ1) is 22.0. The molecule has 1 heterocycles. The van der Waals surface area contributed by atoms with E-state index in [0.717, 1.165) is 43.5 Å². The van der Waals surface area contributed by atoms with Crippen molar-refractivity contribution in [2.24, 2.45) is 0 Å². The van der Waals surface area contributed by atoms with Crippen LogP contribution in [0.25, 0.3) is 11.3 Å². The molecule has 2 aliphatic carbocycles. The zero-order valence-electron chi connectivity index (χ0n) is 20.6. The third-order valence-electron chi connectivity index (χ3n) is 7.77. The van der Waals surface area contributed by atoms with E-state index in [1.165, 1.54) is 58.5 Å². The molecular weight excluding hydrogens is 404 g/mol. The van der Waals surface area contributed by atoms with Gasteiger partial charge in [-0.05, 0) is 79.7 Å². The molecule has 0 spiro atoms. The lowest BCUT2D eigenvalue weighted by Gasteiger charge is -2.36. The highest BCUT2D eigenvalue weighted by Gasteiger charge is 2.31. The van der Waals surface area contributed by atoms with Crippen molar-refractivity contribution in [3.8, 4) is 17.0 Å². The second-order valence-corrected chi connectivity index (χ2v) is 9.52. The molecular formula is C30H36N2O. The second kappa shape index (κ2) is 9.21. The van der Waals surface area contributed by atoms with Crippen molar-refractivity contribution in [3.63, 3.8) is 0 Å². The molecule has 0 saturated carbocycles. The highest BCUT2D eigenvalue weighted by Crippen LogP contribution is 2.44. The van der Waals surface area contributed by atoms with Gasteiger partial charge >= 0.3 is 0 Å². The smallest absolute Gasteiger partial charge is 0.128 e. The quantitative estimate of drug-likeness (QED) is 0.417. The lowest BCUT2D eigenvalue weighted by molar-refractivity contribution is 0.395. The van der Waals surface area contributed by atoms with Gasteiger partial charge in [-0.1, -0.05) is 44.2 Å². The van der Waals surface area contributed by atoms with Crippen LogP contribution >= 0.6 is 0 Å². The summed E-state index contributed by atoms with van der Waals surface area (Å²) in [4.78, 5) is 7.80. The SMILES string of the molecule is CCc1cccc(CC)c1-c1cc(OC)c2c(n1)CCCC2N(C)c1cccc2c1CCC2. The number of nitrogens with zero attached hydrogens (tertiary/aromatic N) is 2. The number of aryl methyl sites for hydroxylation is 4. The maximum absolute atomic E-state index is 6.06. The van der Waals surface area contributed by atoms with E-state index in [9.17, 15) is 0 Å². The summed E-state index contributed by atoms with van der Waals surface area (Å²) in [5.74, 6) is 0.993. The fourth-order valence-corrected chi connectivity index (χ4v) is 6.09. The Morgan fingerprint density at radius 1 is 0.970 bits per heavy atom. The summed E-state index contributed by atoms with van der Waals surface area (Å²) in [7, 11) is 4.08. The van der Waals surface area contributed by atoms with Crippen LogP contribution in [0.5, 0.6) is 5.75 Å². The van der Waals surface area contributed by atoms with E-state index in [0.29, 0.717) is 6.04 Å². The Hall–Kier alpha value is -2.81. The average molecular weight is 441 g/mol. The van der Waals surface area contributed by atoms with Crippen LogP contribution in [0.15, 0.2) is 42.5 Å². The summed E-state index contributed by atoms with van der Waals surface area (Å²) in [6.45, 7) is 4.47. The van der Waals surface area contributed by atoms with Crippen molar-refractivity contribution in [1.82, 2.24) is 4.98 Å². The Bertz CT molecular complexity index is 1130. The van der Waals surface area contributed by atoms with Gasteiger partial charge in [-0.15, -0.1) is 0 Å². The fraction of sp³-hybridized carbons (Fsp3) is 0.433. The Morgan fingerprint density at radius 3 is 2.45 bits per heavy atom. The molecule has 3 aromatic rings. The van der Waals surface area contributed by atoms with Crippen molar-refractivity contribution in [2.75, 3.05) is 19.1 Å². The number of anilines is 1. The molecule has 1 atom stereocenters. The first-order valence-corrected chi connectivity index (χ1v) is 12.7. The van der Waals surface area contributed by atoms with Crippen LogP contribution in [-0.4, -0.2) is 19.1 Å². The number of benzene rings is 2. The van der Waals surface area contributed by atoms with Crippen LogP contribution in [-0.2, 0) is 32.1 Å². The molecule has 0 N–H and O–H groups in total. The van der Waals surface area contributed by atoms with E-state index in [1.54, 1.807) is 5.56 Å². The molecule has 0 amide bonds. The number of methoxy groups -OCH3 is 1. The molecule has 5 rings (SSSR count). The van der Waals surface area contributed by atoms with E-state index >= 15 is 0 Å². The minimum absolute atomic E-state index is 0.296. The molecule has 0 radical (unpaired) electrons. The Labute approximate surface area is 198 Å². The van der Waals surface area contributed by atoms with Crippen LogP contribution < -0.4 is 9.64 Å². The summed E-state index contributed by atoms with van der Waals surface area (Å²) >= 11 is 0. The molecule has 0 fully saturated rings. The molecule has 0 aliphatic heterocycles. The Kier molecular flexibility index (Phi) is 6.14. The maximum Gasteiger partial charge on any atom is 0.128 e. The number of rotatable bonds is 6. The lowest BCUT2D eigenvalue weighted by Crippen LogP contribution is -2.29. The van der Waals surface area contributed by atoms with Crippen LogP contribution in [0, 0.1) is 0 Å². The highest BCUT2D eigenvalue weighted by molar-refractivity contribution is 5.71. The van der Waals surface area contributed by atoms with Crippen LogP contribution in [0.3, 0.4) is 0 Å². The summed E-state index contributed by atoms with van der Waals surface area (Å²) in [6, 6.07) is 16.0. The molecule has 172 valence electrons. The zero-order valence-corrected chi connectivity index (χ0v) is 20.6. The first-order valence-electron chi connectivity index (χ1n) is 12.7. The summed E-state index contributed by atoms with van der Waals surface area (Å²) in [6.07, 6.45) is 9.01. The third kappa shape index (κ3) is 3.82. The van der Waals surface area contributed by atoms with Gasteiger partial charge in [-0.25, -0.2) is 0 Å². The van der Waals surface area contributed by atoms with Crippen molar-refractivity contribution >= 4 is 5.69 Å². The van der Waals surface area contributed by atoms with Gasteiger partial charge in [0.25, 0.3) is 0 Å². The number of aromatic nitrogens is 1. The van der Waals surface area contributed by atoms with Gasteiger partial charge in [0.05, 0.1) is 24.5 Å². The monoisotopic (exact) mass is 440 g/mol. The van der Waals surface area contributed by atoms with E-state index in [1.807, 2.05) is 7.11 Å². The molecule has 3 heteroatoms. The van der Waals surface area contributed by atoms with Gasteiger partial charge < -0.3 is 9.64 Å². The minimum atomic E-state index is 0.296. The normalized spacial score (nSPS) is 16.9. The molecule has 2 aliphatic rings. The average Bonchev–Trinajstić information content (AvgIpc) is 3.35. The van der Waals surface area contributed by atoms with Crippen LogP contribution in [0.4, 0.5) is 5.69 Å². The lowest BCUT2D eigenvalue weighted by atomic mass is 9.87. The molecule has 3 nitrogen and oxygen atoms in total. The van der Waals surface area contributed by atoms with Crippen LogP contribution in [0.1, 0.15) is 72.7 Å². The predicted octanol–water partition coefficient (Wildman–Crippen LogP) is 6.88. The van der Waals surface area contributed by atoms with E-state index < -0.39 is 0 Å². The Balaban J connectivity index is 1.61. The molecule has 0 saturated heterocycles. The Morgan fingerprint density at radius 2 is 1.73 bits per heavy atom. The van der Waals surface area contributed by atoms with Gasteiger partial charge in [-0.3, -0.25) is 4.98 Å². The molecule has 2 aromatic carbocycles. The largest absolute Gasteiger partial charge is 0.496 e. The van der Waals surface area contributed by atoms with Gasteiger partial charge in [0.1, 0.15) is 5.75 Å². The summed E-state index contributed by atoms with van der Waals surface area (Å²) in [5.41, 5.74) is 12.1.